The van der Waals surface area contributed by atoms with Crippen LogP contribution in [0.15, 0.2) is 0 Å². The lowest BCUT2D eigenvalue weighted by molar-refractivity contribution is -0.242. The van der Waals surface area contributed by atoms with Gasteiger partial charge in [-0.15, -0.1) is 0 Å². The van der Waals surface area contributed by atoms with Crippen molar-refractivity contribution in [3.63, 3.8) is 0 Å². The summed E-state index contributed by atoms with van der Waals surface area (Å²) in [6, 6.07) is -0.671. The van der Waals surface area contributed by atoms with Gasteiger partial charge < -0.3 is 19.9 Å². The highest BCUT2D eigenvalue weighted by Crippen LogP contribution is 2.29. The van der Waals surface area contributed by atoms with Crippen LogP contribution in [0.2, 0.25) is 0 Å². The molecule has 1 fully saturated rings. The first-order valence-corrected chi connectivity index (χ1v) is 6.12. The van der Waals surface area contributed by atoms with Gasteiger partial charge in [0.15, 0.2) is 0 Å². The summed E-state index contributed by atoms with van der Waals surface area (Å²) in [5, 5.41) is 0. The van der Waals surface area contributed by atoms with Crippen molar-refractivity contribution >= 4 is 11.9 Å². The standard InChI is InChI=1S/C12H21NO5/c1-5-9-6(2)11(16-7(3)14)10(13)12(18-9)17-8(4)15/h6,9-12H,5,13H2,1-4H3. The molecule has 0 aliphatic carbocycles. The second kappa shape index (κ2) is 6.15. The summed E-state index contributed by atoms with van der Waals surface area (Å²) in [7, 11) is 0. The Morgan fingerprint density at radius 2 is 1.78 bits per heavy atom. The van der Waals surface area contributed by atoms with Crippen molar-refractivity contribution in [3.8, 4) is 0 Å². The molecule has 1 aliphatic rings. The number of carbonyl (C=O) groups is 2. The first-order valence-electron chi connectivity index (χ1n) is 6.12. The van der Waals surface area contributed by atoms with Crippen molar-refractivity contribution in [2.75, 3.05) is 0 Å². The van der Waals surface area contributed by atoms with Gasteiger partial charge in [0.25, 0.3) is 0 Å². The third kappa shape index (κ3) is 3.43. The van der Waals surface area contributed by atoms with Crippen molar-refractivity contribution in [2.45, 2.75) is 58.7 Å². The summed E-state index contributed by atoms with van der Waals surface area (Å²) in [5.41, 5.74) is 5.95. The molecule has 1 rings (SSSR count). The van der Waals surface area contributed by atoms with Crippen LogP contribution in [0.1, 0.15) is 34.1 Å². The molecule has 0 bridgehead atoms. The minimum atomic E-state index is -0.868. The highest BCUT2D eigenvalue weighted by Gasteiger charge is 2.44. The van der Waals surface area contributed by atoms with Gasteiger partial charge in [-0.3, -0.25) is 9.59 Å². The van der Waals surface area contributed by atoms with Gasteiger partial charge in [0.1, 0.15) is 12.1 Å². The largest absolute Gasteiger partial charge is 0.460 e. The molecule has 18 heavy (non-hydrogen) atoms. The first-order chi connectivity index (χ1) is 8.36. The Bertz CT molecular complexity index is 320. The Hall–Kier alpha value is -1.14. The van der Waals surface area contributed by atoms with Crippen molar-refractivity contribution in [2.24, 2.45) is 11.7 Å². The van der Waals surface area contributed by atoms with E-state index in [1.807, 2.05) is 13.8 Å². The fourth-order valence-corrected chi connectivity index (χ4v) is 2.22. The van der Waals surface area contributed by atoms with E-state index in [1.54, 1.807) is 0 Å². The second-order valence-electron chi connectivity index (χ2n) is 4.57. The average Bonchev–Trinajstić information content (AvgIpc) is 2.27. The van der Waals surface area contributed by atoms with E-state index < -0.39 is 30.4 Å². The Kier molecular flexibility index (Phi) is 5.10. The van der Waals surface area contributed by atoms with Crippen molar-refractivity contribution in [3.05, 3.63) is 0 Å². The molecule has 0 saturated carbocycles. The number of esters is 2. The average molecular weight is 259 g/mol. The monoisotopic (exact) mass is 259 g/mol. The van der Waals surface area contributed by atoms with E-state index >= 15 is 0 Å². The molecular weight excluding hydrogens is 238 g/mol. The zero-order chi connectivity index (χ0) is 13.9. The predicted molar refractivity (Wildman–Crippen MR) is 63.4 cm³/mol. The van der Waals surface area contributed by atoms with Crippen LogP contribution < -0.4 is 5.73 Å². The third-order valence-electron chi connectivity index (χ3n) is 3.09. The van der Waals surface area contributed by atoms with Gasteiger partial charge in [-0.05, 0) is 6.42 Å². The van der Waals surface area contributed by atoms with Gasteiger partial charge in [-0.1, -0.05) is 13.8 Å². The molecule has 0 radical (unpaired) electrons. The lowest BCUT2D eigenvalue weighted by Crippen LogP contribution is -2.59. The van der Waals surface area contributed by atoms with E-state index in [0.717, 1.165) is 6.42 Å². The van der Waals surface area contributed by atoms with Crippen LogP contribution in [-0.2, 0) is 23.8 Å². The van der Waals surface area contributed by atoms with E-state index in [4.69, 9.17) is 19.9 Å². The van der Waals surface area contributed by atoms with E-state index in [2.05, 4.69) is 0 Å². The van der Waals surface area contributed by atoms with Crippen LogP contribution in [-0.4, -0.2) is 36.5 Å². The molecule has 0 spiro atoms. The van der Waals surface area contributed by atoms with E-state index in [1.165, 1.54) is 13.8 Å². The van der Waals surface area contributed by atoms with Crippen molar-refractivity contribution < 1.29 is 23.8 Å². The highest BCUT2D eigenvalue weighted by molar-refractivity contribution is 5.66. The molecule has 1 aliphatic heterocycles. The first kappa shape index (κ1) is 14.9. The molecule has 0 aromatic rings. The van der Waals surface area contributed by atoms with Crippen LogP contribution >= 0.6 is 0 Å². The molecule has 5 atom stereocenters. The maximum atomic E-state index is 11.1. The van der Waals surface area contributed by atoms with Gasteiger partial charge in [0.05, 0.1) is 6.10 Å². The number of hydrogen-bond donors (Lipinski definition) is 1. The molecule has 2 N–H and O–H groups in total. The summed E-state index contributed by atoms with van der Waals surface area (Å²) in [4.78, 5) is 22.1. The van der Waals surface area contributed by atoms with Gasteiger partial charge in [-0.25, -0.2) is 0 Å². The van der Waals surface area contributed by atoms with Crippen molar-refractivity contribution in [1.82, 2.24) is 0 Å². The second-order valence-corrected chi connectivity index (χ2v) is 4.57. The minimum absolute atomic E-state index is 0.0410. The zero-order valence-electron chi connectivity index (χ0n) is 11.2. The highest BCUT2D eigenvalue weighted by atomic mass is 16.7. The molecule has 1 heterocycles. The summed E-state index contributed by atoms with van der Waals surface area (Å²) in [6.45, 7) is 6.48. The van der Waals surface area contributed by atoms with E-state index in [-0.39, 0.29) is 12.0 Å². The zero-order valence-corrected chi connectivity index (χ0v) is 11.2. The fraction of sp³-hybridized carbons (Fsp3) is 0.833. The third-order valence-corrected chi connectivity index (χ3v) is 3.09. The van der Waals surface area contributed by atoms with E-state index in [9.17, 15) is 9.59 Å². The molecule has 6 nitrogen and oxygen atoms in total. The molecule has 1 saturated heterocycles. The van der Waals surface area contributed by atoms with Crippen LogP contribution in [0.3, 0.4) is 0 Å². The van der Waals surface area contributed by atoms with Gasteiger partial charge >= 0.3 is 11.9 Å². The Balaban J connectivity index is 2.84. The minimum Gasteiger partial charge on any atom is -0.460 e. The topological polar surface area (TPSA) is 87.8 Å². The molecular formula is C12H21NO5. The summed E-state index contributed by atoms with van der Waals surface area (Å²) >= 11 is 0. The Morgan fingerprint density at radius 3 is 2.22 bits per heavy atom. The smallest absolute Gasteiger partial charge is 0.304 e. The Morgan fingerprint density at radius 1 is 1.22 bits per heavy atom. The van der Waals surface area contributed by atoms with Crippen LogP contribution in [0.4, 0.5) is 0 Å². The summed E-state index contributed by atoms with van der Waals surface area (Å²) in [6.07, 6.45) is -0.805. The summed E-state index contributed by atoms with van der Waals surface area (Å²) in [5.74, 6) is -0.914. The number of carbonyl (C=O) groups excluding carboxylic acids is 2. The number of nitrogens with two attached hydrogens (primary N) is 1. The maximum Gasteiger partial charge on any atom is 0.304 e. The lowest BCUT2D eigenvalue weighted by atomic mass is 9.88. The fourth-order valence-electron chi connectivity index (χ4n) is 2.22. The SMILES string of the molecule is CCC1OC(OC(C)=O)C(N)C(OC(C)=O)C1C. The molecule has 6 heteroatoms. The molecule has 5 unspecified atom stereocenters. The van der Waals surface area contributed by atoms with Crippen LogP contribution in [0.25, 0.3) is 0 Å². The molecule has 0 aromatic carbocycles. The predicted octanol–water partition coefficient (Wildman–Crippen LogP) is 0.579. The number of hydrogen-bond acceptors (Lipinski definition) is 6. The summed E-state index contributed by atoms with van der Waals surface area (Å²) < 4.78 is 15.9. The van der Waals surface area contributed by atoms with E-state index in [0.29, 0.717) is 0 Å². The van der Waals surface area contributed by atoms with Crippen LogP contribution in [0.5, 0.6) is 0 Å². The van der Waals surface area contributed by atoms with Crippen molar-refractivity contribution in [1.29, 1.82) is 0 Å². The molecule has 0 aromatic heterocycles. The van der Waals surface area contributed by atoms with Crippen LogP contribution in [0, 0.1) is 5.92 Å². The quantitative estimate of drug-likeness (QED) is 0.746. The number of rotatable bonds is 3. The molecule has 0 amide bonds. The normalized spacial score (nSPS) is 35.9. The van der Waals surface area contributed by atoms with Gasteiger partial charge in [0.2, 0.25) is 6.29 Å². The number of ether oxygens (including phenoxy) is 3. The van der Waals surface area contributed by atoms with Gasteiger partial charge in [-0.2, -0.15) is 0 Å². The Labute approximate surface area is 107 Å². The maximum absolute atomic E-state index is 11.1. The molecule has 104 valence electrons. The lowest BCUT2D eigenvalue weighted by Gasteiger charge is -2.42. The van der Waals surface area contributed by atoms with Gasteiger partial charge in [0, 0.05) is 19.8 Å².